The lowest BCUT2D eigenvalue weighted by molar-refractivity contribution is 0.236. The molecule has 2 aromatic rings. The van der Waals surface area contributed by atoms with Gasteiger partial charge in [0.05, 0.1) is 6.61 Å². The van der Waals surface area contributed by atoms with E-state index in [0.29, 0.717) is 12.4 Å². The van der Waals surface area contributed by atoms with Crippen molar-refractivity contribution in [1.82, 2.24) is 4.90 Å². The summed E-state index contributed by atoms with van der Waals surface area (Å²) in [5, 5.41) is 0. The Bertz CT molecular complexity index is 792. The molecule has 2 aromatic carbocycles. The summed E-state index contributed by atoms with van der Waals surface area (Å²) in [4.78, 5) is 4.76. The average Bonchev–Trinajstić information content (AvgIpc) is 3.16. The summed E-state index contributed by atoms with van der Waals surface area (Å²) >= 11 is 0. The Morgan fingerprint density at radius 3 is 2.28 bits per heavy atom. The largest absolute Gasteiger partial charge is 0.491 e. The third-order valence-corrected chi connectivity index (χ3v) is 5.84. The smallest absolute Gasteiger partial charge is 0.165 e. The highest BCUT2D eigenvalue weighted by molar-refractivity contribution is 5.85. The molecule has 0 saturated carbocycles. The first-order chi connectivity index (χ1) is 13.7. The Balaban J connectivity index is 0.00000240. The third-order valence-electron chi connectivity index (χ3n) is 5.84. The topological polar surface area (TPSA) is 15.7 Å². The standard InChI is InChI=1S/C23H28F2N2O.ClH/c24-20-6-8-21(9-7-20)27-13-11-26(12-14-27)10-1-2-15-28-23-17-19-5-3-4-18(19)16-22(23)25;/h6-9,16-17H,1-5,10-15H2;1H. The Hall–Kier alpha value is -1.85. The quantitative estimate of drug-likeness (QED) is 0.593. The Morgan fingerprint density at radius 1 is 0.862 bits per heavy atom. The summed E-state index contributed by atoms with van der Waals surface area (Å²) in [6.45, 7) is 5.54. The van der Waals surface area contributed by atoms with Crippen molar-refractivity contribution in [1.29, 1.82) is 0 Å². The summed E-state index contributed by atoms with van der Waals surface area (Å²) in [6.07, 6.45) is 5.11. The molecular weight excluding hydrogens is 394 g/mol. The maximum Gasteiger partial charge on any atom is 0.165 e. The molecule has 3 nitrogen and oxygen atoms in total. The van der Waals surface area contributed by atoms with E-state index in [1.54, 1.807) is 6.07 Å². The van der Waals surface area contributed by atoms with Crippen LogP contribution >= 0.6 is 12.4 Å². The number of unbranched alkanes of at least 4 members (excludes halogenated alkanes) is 1. The fraction of sp³-hybridized carbons (Fsp3) is 0.478. The minimum atomic E-state index is -0.224. The molecule has 1 aliphatic heterocycles. The lowest BCUT2D eigenvalue weighted by Gasteiger charge is -2.36. The number of piperazine rings is 1. The summed E-state index contributed by atoms with van der Waals surface area (Å²) in [6, 6.07) is 10.3. The zero-order valence-corrected chi connectivity index (χ0v) is 17.5. The molecule has 158 valence electrons. The molecule has 0 spiro atoms. The number of benzene rings is 2. The Labute approximate surface area is 178 Å². The lowest BCUT2D eigenvalue weighted by Crippen LogP contribution is -2.46. The van der Waals surface area contributed by atoms with Crippen molar-refractivity contribution in [2.24, 2.45) is 0 Å². The second-order valence-electron chi connectivity index (χ2n) is 7.77. The van der Waals surface area contributed by atoms with Gasteiger partial charge in [0.25, 0.3) is 0 Å². The molecule has 1 heterocycles. The van der Waals surface area contributed by atoms with Crippen molar-refractivity contribution in [3.8, 4) is 5.75 Å². The monoisotopic (exact) mass is 422 g/mol. The van der Waals surface area contributed by atoms with Gasteiger partial charge in [-0.2, -0.15) is 0 Å². The average molecular weight is 423 g/mol. The number of halogens is 3. The van der Waals surface area contributed by atoms with Gasteiger partial charge in [-0.25, -0.2) is 8.78 Å². The summed E-state index contributed by atoms with van der Waals surface area (Å²) in [5.74, 6) is -0.00416. The fourth-order valence-corrected chi connectivity index (χ4v) is 4.18. The van der Waals surface area contributed by atoms with Gasteiger partial charge in [0.1, 0.15) is 5.82 Å². The predicted octanol–water partition coefficient (Wildman–Crippen LogP) is 4.86. The predicted molar refractivity (Wildman–Crippen MR) is 115 cm³/mol. The van der Waals surface area contributed by atoms with E-state index in [1.807, 2.05) is 18.2 Å². The molecule has 0 aromatic heterocycles. The van der Waals surface area contributed by atoms with Gasteiger partial charge in [-0.3, -0.25) is 4.90 Å². The van der Waals surface area contributed by atoms with Crippen molar-refractivity contribution in [3.05, 3.63) is 59.2 Å². The maximum atomic E-state index is 14.1. The van der Waals surface area contributed by atoms with Gasteiger partial charge >= 0.3 is 0 Å². The minimum absolute atomic E-state index is 0. The normalized spacial score (nSPS) is 16.4. The van der Waals surface area contributed by atoms with Crippen LogP contribution < -0.4 is 9.64 Å². The SMILES string of the molecule is Cl.Fc1ccc(N2CCN(CCCCOc3cc4c(cc3F)CCC4)CC2)cc1. The van der Waals surface area contributed by atoms with Gasteiger partial charge in [0, 0.05) is 31.9 Å². The van der Waals surface area contributed by atoms with E-state index in [1.165, 1.54) is 17.7 Å². The maximum absolute atomic E-state index is 14.1. The molecule has 0 atom stereocenters. The van der Waals surface area contributed by atoms with Gasteiger partial charge in [-0.1, -0.05) is 0 Å². The molecular formula is C23H29ClF2N2O. The highest BCUT2D eigenvalue weighted by atomic mass is 35.5. The lowest BCUT2D eigenvalue weighted by atomic mass is 10.1. The Kier molecular flexibility index (Phi) is 7.73. The molecule has 0 amide bonds. The first-order valence-electron chi connectivity index (χ1n) is 10.4. The van der Waals surface area contributed by atoms with Crippen molar-refractivity contribution >= 4 is 18.1 Å². The van der Waals surface area contributed by atoms with Crippen LogP contribution in [0, 0.1) is 11.6 Å². The molecule has 1 fully saturated rings. The Morgan fingerprint density at radius 2 is 1.55 bits per heavy atom. The third kappa shape index (κ3) is 5.61. The molecule has 0 radical (unpaired) electrons. The van der Waals surface area contributed by atoms with Gasteiger partial charge in [0.2, 0.25) is 0 Å². The summed E-state index contributed by atoms with van der Waals surface area (Å²) in [5.41, 5.74) is 3.48. The molecule has 0 bridgehead atoms. The van der Waals surface area contributed by atoms with Gasteiger partial charge in [-0.05, 0) is 86.2 Å². The minimum Gasteiger partial charge on any atom is -0.491 e. The second-order valence-corrected chi connectivity index (χ2v) is 7.77. The van der Waals surface area contributed by atoms with Crippen molar-refractivity contribution < 1.29 is 13.5 Å². The number of hydrogen-bond acceptors (Lipinski definition) is 3. The van der Waals surface area contributed by atoms with Crippen LogP contribution in [0.4, 0.5) is 14.5 Å². The zero-order valence-electron chi connectivity index (χ0n) is 16.7. The van der Waals surface area contributed by atoms with E-state index < -0.39 is 0 Å². The van der Waals surface area contributed by atoms with Crippen LogP contribution in [-0.2, 0) is 12.8 Å². The van der Waals surface area contributed by atoms with E-state index in [-0.39, 0.29) is 24.0 Å². The van der Waals surface area contributed by atoms with E-state index in [0.717, 1.165) is 76.1 Å². The fourth-order valence-electron chi connectivity index (χ4n) is 4.18. The van der Waals surface area contributed by atoms with E-state index in [9.17, 15) is 8.78 Å². The molecule has 6 heteroatoms. The first-order valence-corrected chi connectivity index (χ1v) is 10.4. The number of rotatable bonds is 7. The summed E-state index contributed by atoms with van der Waals surface area (Å²) < 4.78 is 32.8. The zero-order chi connectivity index (χ0) is 19.3. The van der Waals surface area contributed by atoms with Crippen LogP contribution in [0.1, 0.15) is 30.4 Å². The molecule has 0 N–H and O–H groups in total. The number of aryl methyl sites for hydroxylation is 2. The van der Waals surface area contributed by atoms with Gasteiger partial charge < -0.3 is 9.64 Å². The van der Waals surface area contributed by atoms with E-state index >= 15 is 0 Å². The van der Waals surface area contributed by atoms with E-state index in [4.69, 9.17) is 4.74 Å². The van der Waals surface area contributed by atoms with Crippen LogP contribution in [0.3, 0.4) is 0 Å². The highest BCUT2D eigenvalue weighted by Crippen LogP contribution is 2.29. The summed E-state index contributed by atoms with van der Waals surface area (Å²) in [7, 11) is 0. The van der Waals surface area contributed by atoms with Crippen molar-refractivity contribution in [3.63, 3.8) is 0 Å². The van der Waals surface area contributed by atoms with Crippen LogP contribution in [0.5, 0.6) is 5.75 Å². The first kappa shape index (κ1) is 21.8. The van der Waals surface area contributed by atoms with Crippen LogP contribution in [0.25, 0.3) is 0 Å². The highest BCUT2D eigenvalue weighted by Gasteiger charge is 2.17. The van der Waals surface area contributed by atoms with Gasteiger partial charge in [0.15, 0.2) is 11.6 Å². The van der Waals surface area contributed by atoms with Crippen molar-refractivity contribution in [2.75, 3.05) is 44.2 Å². The number of fused-ring (bicyclic) bond motifs is 1. The molecule has 2 aliphatic rings. The van der Waals surface area contributed by atoms with Crippen LogP contribution in [-0.4, -0.2) is 44.2 Å². The number of hydrogen-bond donors (Lipinski definition) is 0. The molecule has 0 unspecified atom stereocenters. The number of anilines is 1. The number of ether oxygens (including phenoxy) is 1. The van der Waals surface area contributed by atoms with E-state index in [2.05, 4.69) is 9.80 Å². The number of nitrogens with zero attached hydrogens (tertiary/aromatic N) is 2. The van der Waals surface area contributed by atoms with Crippen LogP contribution in [0.15, 0.2) is 36.4 Å². The van der Waals surface area contributed by atoms with Crippen molar-refractivity contribution in [2.45, 2.75) is 32.1 Å². The van der Waals surface area contributed by atoms with Gasteiger partial charge in [-0.15, -0.1) is 12.4 Å². The second kappa shape index (κ2) is 10.3. The molecule has 1 saturated heterocycles. The molecule has 1 aliphatic carbocycles. The molecule has 4 rings (SSSR count). The van der Waals surface area contributed by atoms with Crippen LogP contribution in [0.2, 0.25) is 0 Å². The molecule has 29 heavy (non-hydrogen) atoms.